The highest BCUT2D eigenvalue weighted by Crippen LogP contribution is 2.28. The normalized spacial score (nSPS) is 14.2. The molecule has 0 bridgehead atoms. The van der Waals surface area contributed by atoms with Crippen LogP contribution >= 0.6 is 0 Å². The maximum atomic E-state index is 13.5. The van der Waals surface area contributed by atoms with Gasteiger partial charge in [0.25, 0.3) is 5.91 Å². The quantitative estimate of drug-likeness (QED) is 0.625. The highest BCUT2D eigenvalue weighted by molar-refractivity contribution is 6.01. The van der Waals surface area contributed by atoms with E-state index in [2.05, 4.69) is 17.0 Å². The number of amides is 1. The van der Waals surface area contributed by atoms with Crippen LogP contribution in [0.2, 0.25) is 0 Å². The van der Waals surface area contributed by atoms with Gasteiger partial charge < -0.3 is 4.90 Å². The Hall–Kier alpha value is -3.93. The topological polar surface area (TPSA) is 71.1 Å². The average molecular weight is 421 g/mol. The van der Waals surface area contributed by atoms with E-state index in [-0.39, 0.29) is 5.91 Å². The van der Waals surface area contributed by atoms with Crippen molar-refractivity contribution in [1.29, 1.82) is 10.5 Å². The first kappa shape index (κ1) is 21.3. The fourth-order valence-electron chi connectivity index (χ4n) is 4.17. The van der Waals surface area contributed by atoms with Crippen molar-refractivity contribution < 1.29 is 4.79 Å². The SMILES string of the molecule is N#Cc1ccc(CN2CCCN(C(=O)c3ccccc3-c3ccccc3C#N)CC2)cc1. The number of hydrogen-bond acceptors (Lipinski definition) is 4. The Labute approximate surface area is 188 Å². The molecule has 5 heteroatoms. The van der Waals surface area contributed by atoms with Gasteiger partial charge >= 0.3 is 0 Å². The van der Waals surface area contributed by atoms with Gasteiger partial charge in [0.1, 0.15) is 0 Å². The molecule has 0 atom stereocenters. The number of carbonyl (C=O) groups is 1. The maximum absolute atomic E-state index is 13.5. The van der Waals surface area contributed by atoms with Gasteiger partial charge in [-0.3, -0.25) is 9.69 Å². The van der Waals surface area contributed by atoms with E-state index in [1.54, 1.807) is 6.07 Å². The summed E-state index contributed by atoms with van der Waals surface area (Å²) in [5, 5.41) is 18.5. The molecule has 1 heterocycles. The lowest BCUT2D eigenvalue weighted by Crippen LogP contribution is -2.35. The molecule has 32 heavy (non-hydrogen) atoms. The fourth-order valence-corrected chi connectivity index (χ4v) is 4.17. The first-order valence-electron chi connectivity index (χ1n) is 10.8. The van der Waals surface area contributed by atoms with Gasteiger partial charge in [0, 0.05) is 43.9 Å². The van der Waals surface area contributed by atoms with Gasteiger partial charge in [-0.15, -0.1) is 0 Å². The molecule has 1 aliphatic rings. The number of carbonyl (C=O) groups excluding carboxylic acids is 1. The second kappa shape index (κ2) is 9.92. The van der Waals surface area contributed by atoms with Crippen LogP contribution in [-0.4, -0.2) is 41.9 Å². The Morgan fingerprint density at radius 2 is 1.50 bits per heavy atom. The highest BCUT2D eigenvalue weighted by Gasteiger charge is 2.23. The molecule has 1 aliphatic heterocycles. The van der Waals surface area contributed by atoms with E-state index in [1.807, 2.05) is 71.6 Å². The average Bonchev–Trinajstić information content (AvgIpc) is 3.09. The molecule has 0 unspecified atom stereocenters. The third kappa shape index (κ3) is 4.70. The Balaban J connectivity index is 1.49. The number of hydrogen-bond donors (Lipinski definition) is 0. The molecule has 0 aliphatic carbocycles. The van der Waals surface area contributed by atoms with Crippen LogP contribution in [0.3, 0.4) is 0 Å². The monoisotopic (exact) mass is 420 g/mol. The van der Waals surface area contributed by atoms with Gasteiger partial charge in [0.15, 0.2) is 0 Å². The van der Waals surface area contributed by atoms with Crippen molar-refractivity contribution in [3.8, 4) is 23.3 Å². The van der Waals surface area contributed by atoms with Crippen molar-refractivity contribution in [2.24, 2.45) is 0 Å². The lowest BCUT2D eigenvalue weighted by Gasteiger charge is -2.23. The van der Waals surface area contributed by atoms with Crippen LogP contribution in [0.25, 0.3) is 11.1 Å². The predicted octanol–water partition coefficient (Wildman–Crippen LogP) is 4.45. The molecule has 3 aromatic rings. The minimum atomic E-state index is 0.00793. The van der Waals surface area contributed by atoms with Crippen molar-refractivity contribution in [2.75, 3.05) is 26.2 Å². The number of nitriles is 2. The lowest BCUT2D eigenvalue weighted by atomic mass is 9.95. The second-order valence-electron chi connectivity index (χ2n) is 7.93. The molecular formula is C27H24N4O. The fraction of sp³-hybridized carbons (Fsp3) is 0.222. The molecule has 3 aromatic carbocycles. The molecule has 0 saturated carbocycles. The molecule has 0 radical (unpaired) electrons. The summed E-state index contributed by atoms with van der Waals surface area (Å²) in [6, 6.07) is 27.0. The number of rotatable bonds is 4. The zero-order valence-electron chi connectivity index (χ0n) is 17.9. The smallest absolute Gasteiger partial charge is 0.254 e. The minimum Gasteiger partial charge on any atom is -0.337 e. The molecule has 0 aromatic heterocycles. The molecule has 5 nitrogen and oxygen atoms in total. The van der Waals surface area contributed by atoms with Crippen molar-refractivity contribution in [3.63, 3.8) is 0 Å². The molecule has 0 spiro atoms. The Morgan fingerprint density at radius 3 is 2.25 bits per heavy atom. The maximum Gasteiger partial charge on any atom is 0.254 e. The second-order valence-corrected chi connectivity index (χ2v) is 7.93. The van der Waals surface area contributed by atoms with Crippen molar-refractivity contribution in [1.82, 2.24) is 9.80 Å². The summed E-state index contributed by atoms with van der Waals surface area (Å²) in [4.78, 5) is 17.8. The Morgan fingerprint density at radius 1 is 0.781 bits per heavy atom. The van der Waals surface area contributed by atoms with Gasteiger partial charge in [0.05, 0.1) is 23.3 Å². The summed E-state index contributed by atoms with van der Waals surface area (Å²) in [6.45, 7) is 3.88. The van der Waals surface area contributed by atoms with Gasteiger partial charge in [-0.05, 0) is 41.8 Å². The van der Waals surface area contributed by atoms with Crippen LogP contribution < -0.4 is 0 Å². The van der Waals surface area contributed by atoms with Crippen LogP contribution in [0.5, 0.6) is 0 Å². The van der Waals surface area contributed by atoms with Crippen LogP contribution in [0.4, 0.5) is 0 Å². The Bertz CT molecular complexity index is 1190. The van der Waals surface area contributed by atoms with Crippen LogP contribution in [0.15, 0.2) is 72.8 Å². The van der Waals surface area contributed by atoms with Crippen molar-refractivity contribution in [3.05, 3.63) is 95.1 Å². The van der Waals surface area contributed by atoms with E-state index in [0.717, 1.165) is 37.2 Å². The Kier molecular flexibility index (Phi) is 6.60. The molecule has 1 amide bonds. The molecular weight excluding hydrogens is 396 g/mol. The molecule has 0 N–H and O–H groups in total. The molecule has 158 valence electrons. The summed E-state index contributed by atoms with van der Waals surface area (Å²) in [6.07, 6.45) is 0.902. The van der Waals surface area contributed by atoms with Crippen LogP contribution in [-0.2, 0) is 6.54 Å². The van der Waals surface area contributed by atoms with Gasteiger partial charge in [-0.25, -0.2) is 0 Å². The van der Waals surface area contributed by atoms with E-state index in [4.69, 9.17) is 5.26 Å². The lowest BCUT2D eigenvalue weighted by molar-refractivity contribution is 0.0762. The van der Waals surface area contributed by atoms with E-state index >= 15 is 0 Å². The van der Waals surface area contributed by atoms with E-state index in [1.165, 1.54) is 5.56 Å². The van der Waals surface area contributed by atoms with Gasteiger partial charge in [-0.2, -0.15) is 10.5 Å². The minimum absolute atomic E-state index is 0.00793. The van der Waals surface area contributed by atoms with E-state index in [0.29, 0.717) is 29.8 Å². The van der Waals surface area contributed by atoms with Crippen LogP contribution in [0, 0.1) is 22.7 Å². The molecule has 4 rings (SSSR count). The number of benzene rings is 3. The van der Waals surface area contributed by atoms with Gasteiger partial charge in [-0.1, -0.05) is 48.5 Å². The molecule has 1 fully saturated rings. The summed E-state index contributed by atoms with van der Waals surface area (Å²) in [5.74, 6) is 0.00793. The summed E-state index contributed by atoms with van der Waals surface area (Å²) >= 11 is 0. The predicted molar refractivity (Wildman–Crippen MR) is 124 cm³/mol. The zero-order valence-corrected chi connectivity index (χ0v) is 17.9. The highest BCUT2D eigenvalue weighted by atomic mass is 16.2. The van der Waals surface area contributed by atoms with Crippen molar-refractivity contribution in [2.45, 2.75) is 13.0 Å². The van der Waals surface area contributed by atoms with E-state index in [9.17, 15) is 10.1 Å². The first-order chi connectivity index (χ1) is 15.7. The largest absolute Gasteiger partial charge is 0.337 e. The summed E-state index contributed by atoms with van der Waals surface area (Å²) in [5.41, 5.74) is 4.62. The standard InChI is InChI=1S/C27H24N4O/c28-18-21-10-12-22(13-11-21)20-30-14-5-15-31(17-16-30)27(32)26-9-4-3-8-25(26)24-7-2-1-6-23(24)19-29/h1-4,6-13H,5,14-17,20H2. The van der Waals surface area contributed by atoms with Crippen LogP contribution in [0.1, 0.15) is 33.5 Å². The zero-order chi connectivity index (χ0) is 22.3. The third-order valence-electron chi connectivity index (χ3n) is 5.86. The summed E-state index contributed by atoms with van der Waals surface area (Å²) < 4.78 is 0. The third-order valence-corrected chi connectivity index (χ3v) is 5.86. The summed E-state index contributed by atoms with van der Waals surface area (Å²) in [7, 11) is 0. The first-order valence-corrected chi connectivity index (χ1v) is 10.8. The molecule has 1 saturated heterocycles. The van der Waals surface area contributed by atoms with E-state index < -0.39 is 0 Å². The number of nitrogens with zero attached hydrogens (tertiary/aromatic N) is 4. The van der Waals surface area contributed by atoms with Crippen molar-refractivity contribution >= 4 is 5.91 Å². The van der Waals surface area contributed by atoms with Gasteiger partial charge in [0.2, 0.25) is 0 Å².